The highest BCUT2D eigenvalue weighted by molar-refractivity contribution is 9.10. The van der Waals surface area contributed by atoms with Crippen LogP contribution in [0.5, 0.6) is 0 Å². The topological polar surface area (TPSA) is 12.0 Å². The van der Waals surface area contributed by atoms with E-state index in [2.05, 4.69) is 55.5 Å². The van der Waals surface area contributed by atoms with Crippen LogP contribution in [0.4, 0.5) is 0 Å². The van der Waals surface area contributed by atoms with E-state index in [-0.39, 0.29) is 0 Å². The summed E-state index contributed by atoms with van der Waals surface area (Å²) in [5, 5.41) is 5.56. The van der Waals surface area contributed by atoms with Gasteiger partial charge < -0.3 is 5.32 Å². The molecule has 1 rings (SSSR count). The minimum Gasteiger partial charge on any atom is -0.312 e. The van der Waals surface area contributed by atoms with E-state index in [4.69, 9.17) is 0 Å². The molecule has 1 nitrogen and oxygen atoms in total. The van der Waals surface area contributed by atoms with E-state index in [1.165, 1.54) is 22.2 Å². The molecule has 1 atom stereocenters. The van der Waals surface area contributed by atoms with Crippen LogP contribution in [-0.2, 0) is 6.54 Å². The summed E-state index contributed by atoms with van der Waals surface area (Å²) in [4.78, 5) is 2.04. The Labute approximate surface area is 107 Å². The highest BCUT2D eigenvalue weighted by Gasteiger charge is 2.02. The summed E-state index contributed by atoms with van der Waals surface area (Å²) >= 11 is 8.94. The molecule has 0 aliphatic carbocycles. The summed E-state index contributed by atoms with van der Waals surface area (Å²) in [6, 6.07) is 2.10. The molecule has 0 spiro atoms. The molecule has 14 heavy (non-hydrogen) atoms. The van der Waals surface area contributed by atoms with E-state index in [1.807, 2.05) is 0 Å². The van der Waals surface area contributed by atoms with Crippen LogP contribution in [0.2, 0.25) is 0 Å². The van der Waals surface area contributed by atoms with Gasteiger partial charge in [0.1, 0.15) is 0 Å². The second kappa shape index (κ2) is 6.99. The minimum absolute atomic E-state index is 0.654. The molecule has 0 fully saturated rings. The lowest BCUT2D eigenvalue weighted by atomic mass is 10.2. The number of rotatable bonds is 6. The van der Waals surface area contributed by atoms with E-state index in [1.54, 1.807) is 11.3 Å². The number of thiophene rings is 1. The lowest BCUT2D eigenvalue weighted by Crippen LogP contribution is -2.17. The fourth-order valence-corrected chi connectivity index (χ4v) is 2.81. The summed E-state index contributed by atoms with van der Waals surface area (Å²) < 4.78 is 1.22. The molecule has 1 aromatic rings. The van der Waals surface area contributed by atoms with E-state index >= 15 is 0 Å². The summed E-state index contributed by atoms with van der Waals surface area (Å²) in [6.07, 6.45) is 2.39. The molecule has 0 aliphatic rings. The second-order valence-electron chi connectivity index (χ2n) is 3.16. The number of nitrogens with one attached hydrogen (secondary N) is 1. The Balaban J connectivity index is 2.13. The summed E-state index contributed by atoms with van der Waals surface area (Å²) in [5.41, 5.74) is 0. The first-order valence-corrected chi connectivity index (χ1v) is 7.39. The molecule has 1 heterocycles. The minimum atomic E-state index is 0.654. The van der Waals surface area contributed by atoms with Crippen molar-refractivity contribution < 1.29 is 0 Å². The van der Waals surface area contributed by atoms with Crippen LogP contribution in [0.15, 0.2) is 15.9 Å². The Kier molecular flexibility index (Phi) is 6.33. The third-order valence-corrected chi connectivity index (χ3v) is 5.09. The molecule has 0 saturated carbocycles. The maximum atomic E-state index is 3.62. The van der Waals surface area contributed by atoms with Crippen LogP contribution in [0.3, 0.4) is 0 Å². The zero-order chi connectivity index (χ0) is 10.4. The largest absolute Gasteiger partial charge is 0.312 e. The molecule has 0 amide bonds. The highest BCUT2D eigenvalue weighted by atomic mass is 79.9. The quantitative estimate of drug-likeness (QED) is 0.605. The molecular weight excluding hydrogens is 326 g/mol. The summed E-state index contributed by atoms with van der Waals surface area (Å²) in [7, 11) is 0. The third kappa shape index (κ3) is 4.43. The van der Waals surface area contributed by atoms with Crippen molar-refractivity contribution in [2.45, 2.75) is 31.1 Å². The molecule has 1 aromatic heterocycles. The van der Waals surface area contributed by atoms with Gasteiger partial charge >= 0.3 is 0 Å². The summed E-state index contributed by atoms with van der Waals surface area (Å²) in [6.45, 7) is 4.26. The van der Waals surface area contributed by atoms with E-state index < -0.39 is 0 Å². The molecule has 0 radical (unpaired) electrons. The molecule has 1 N–H and O–H groups in total. The van der Waals surface area contributed by atoms with Crippen molar-refractivity contribution in [2.24, 2.45) is 0 Å². The van der Waals surface area contributed by atoms with Gasteiger partial charge in [-0.2, -0.15) is 0 Å². The van der Waals surface area contributed by atoms with Crippen molar-refractivity contribution in [1.29, 1.82) is 0 Å². The molecule has 80 valence electrons. The van der Waals surface area contributed by atoms with Gasteiger partial charge in [0.25, 0.3) is 0 Å². The lowest BCUT2D eigenvalue weighted by molar-refractivity contribution is 0.633. The fraction of sp³-hybridized carbons (Fsp3) is 0.600. The SMILES string of the molecule is CCC(Br)CCNCc1sccc1Br. The predicted octanol–water partition coefficient (Wildman–Crippen LogP) is 4.16. The fourth-order valence-electron chi connectivity index (χ4n) is 1.12. The Morgan fingerprint density at radius 1 is 1.57 bits per heavy atom. The van der Waals surface area contributed by atoms with Crippen LogP contribution in [-0.4, -0.2) is 11.4 Å². The number of hydrogen-bond donors (Lipinski definition) is 1. The van der Waals surface area contributed by atoms with Gasteiger partial charge in [-0.05, 0) is 46.8 Å². The average molecular weight is 341 g/mol. The number of halogens is 2. The van der Waals surface area contributed by atoms with Gasteiger partial charge in [0.05, 0.1) is 0 Å². The third-order valence-electron chi connectivity index (χ3n) is 2.05. The first-order valence-electron chi connectivity index (χ1n) is 4.80. The van der Waals surface area contributed by atoms with Gasteiger partial charge in [0.2, 0.25) is 0 Å². The van der Waals surface area contributed by atoms with Gasteiger partial charge in [-0.1, -0.05) is 22.9 Å². The Morgan fingerprint density at radius 3 is 2.93 bits per heavy atom. The normalized spacial score (nSPS) is 13.1. The molecule has 1 unspecified atom stereocenters. The van der Waals surface area contributed by atoms with Gasteiger partial charge in [-0.25, -0.2) is 0 Å². The lowest BCUT2D eigenvalue weighted by Gasteiger charge is -2.07. The zero-order valence-electron chi connectivity index (χ0n) is 8.22. The standard InChI is InChI=1S/C10H15Br2NS/c1-2-8(11)3-5-13-7-10-9(12)4-6-14-10/h4,6,8,13H,2-3,5,7H2,1H3. The van der Waals surface area contributed by atoms with Crippen molar-refractivity contribution in [3.8, 4) is 0 Å². The van der Waals surface area contributed by atoms with Crippen molar-refractivity contribution in [1.82, 2.24) is 5.32 Å². The monoisotopic (exact) mass is 339 g/mol. The van der Waals surface area contributed by atoms with E-state index in [0.29, 0.717) is 4.83 Å². The number of alkyl halides is 1. The molecule has 0 aromatic carbocycles. The van der Waals surface area contributed by atoms with E-state index in [9.17, 15) is 0 Å². The number of hydrogen-bond acceptors (Lipinski definition) is 2. The second-order valence-corrected chi connectivity index (χ2v) is 6.31. The smallest absolute Gasteiger partial charge is 0.0327 e. The van der Waals surface area contributed by atoms with Crippen molar-refractivity contribution in [2.75, 3.05) is 6.54 Å². The highest BCUT2D eigenvalue weighted by Crippen LogP contribution is 2.22. The molecule has 4 heteroatoms. The maximum absolute atomic E-state index is 3.62. The molecule has 0 aliphatic heterocycles. The first-order chi connectivity index (χ1) is 6.74. The summed E-state index contributed by atoms with van der Waals surface area (Å²) in [5.74, 6) is 0. The Bertz CT molecular complexity index is 262. The van der Waals surface area contributed by atoms with Gasteiger partial charge in [0, 0.05) is 20.7 Å². The molecule has 0 saturated heterocycles. The predicted molar refractivity (Wildman–Crippen MR) is 71.3 cm³/mol. The molecule has 0 bridgehead atoms. The Hall–Kier alpha value is 0.620. The van der Waals surface area contributed by atoms with Crippen molar-refractivity contribution in [3.63, 3.8) is 0 Å². The van der Waals surface area contributed by atoms with Crippen molar-refractivity contribution in [3.05, 3.63) is 20.8 Å². The Morgan fingerprint density at radius 2 is 2.36 bits per heavy atom. The van der Waals surface area contributed by atoms with Gasteiger partial charge in [-0.3, -0.25) is 0 Å². The average Bonchev–Trinajstić information content (AvgIpc) is 2.58. The van der Waals surface area contributed by atoms with Crippen LogP contribution in [0, 0.1) is 0 Å². The molecular formula is C10H15Br2NS. The van der Waals surface area contributed by atoms with Gasteiger partial charge in [-0.15, -0.1) is 11.3 Å². The van der Waals surface area contributed by atoms with Crippen molar-refractivity contribution >= 4 is 43.2 Å². The zero-order valence-corrected chi connectivity index (χ0v) is 12.2. The van der Waals surface area contributed by atoms with Crippen LogP contribution in [0.1, 0.15) is 24.6 Å². The van der Waals surface area contributed by atoms with Crippen LogP contribution >= 0.6 is 43.2 Å². The van der Waals surface area contributed by atoms with Gasteiger partial charge in [0.15, 0.2) is 0 Å². The first kappa shape index (κ1) is 12.7. The maximum Gasteiger partial charge on any atom is 0.0327 e. The van der Waals surface area contributed by atoms with E-state index in [0.717, 1.165) is 13.1 Å². The van der Waals surface area contributed by atoms with Crippen LogP contribution in [0.25, 0.3) is 0 Å². The van der Waals surface area contributed by atoms with Crippen LogP contribution < -0.4 is 5.32 Å².